The third-order valence-corrected chi connectivity index (χ3v) is 6.25. The van der Waals surface area contributed by atoms with Gasteiger partial charge >= 0.3 is 5.97 Å². The molecule has 2 aliphatic rings. The molecule has 2 N–H and O–H groups in total. The van der Waals surface area contributed by atoms with Crippen LogP contribution in [-0.2, 0) is 14.3 Å². The zero-order chi connectivity index (χ0) is 25.7. The molecule has 0 unspecified atom stereocenters. The van der Waals surface area contributed by atoms with Gasteiger partial charge in [-0.3, -0.25) is 14.4 Å². The van der Waals surface area contributed by atoms with Gasteiger partial charge < -0.3 is 29.9 Å². The van der Waals surface area contributed by atoms with E-state index in [0.717, 1.165) is 0 Å². The van der Waals surface area contributed by atoms with E-state index in [-0.39, 0.29) is 42.8 Å². The number of hydrogen-bond donors (Lipinski definition) is 2. The molecule has 2 aliphatic heterocycles. The van der Waals surface area contributed by atoms with Gasteiger partial charge in [-0.05, 0) is 24.3 Å². The topological polar surface area (TPSA) is 119 Å². The molecule has 10 heteroatoms. The SMILES string of the molecule is COC(=O)C1=C(Nc2ccccc2C(=O)N2CCN(C(=O)c3ccccc3)CC2)C(=O)N(CCO)C1. The maximum Gasteiger partial charge on any atom is 0.337 e. The van der Waals surface area contributed by atoms with Gasteiger partial charge in [0, 0.05) is 38.3 Å². The van der Waals surface area contributed by atoms with Crippen molar-refractivity contribution < 1.29 is 29.0 Å². The first kappa shape index (κ1) is 24.9. The van der Waals surface area contributed by atoms with Crippen molar-refractivity contribution in [2.24, 2.45) is 0 Å². The van der Waals surface area contributed by atoms with Crippen LogP contribution in [0.25, 0.3) is 0 Å². The first-order chi connectivity index (χ1) is 17.4. The Morgan fingerprint density at radius 1 is 0.917 bits per heavy atom. The van der Waals surface area contributed by atoms with Crippen molar-refractivity contribution in [1.82, 2.24) is 14.7 Å². The third-order valence-electron chi connectivity index (χ3n) is 6.25. The molecule has 1 fully saturated rings. The minimum Gasteiger partial charge on any atom is -0.466 e. The number of amides is 3. The van der Waals surface area contributed by atoms with Crippen molar-refractivity contribution in [3.8, 4) is 0 Å². The largest absolute Gasteiger partial charge is 0.466 e. The first-order valence-electron chi connectivity index (χ1n) is 11.7. The number of ether oxygens (including phenoxy) is 1. The molecule has 0 radical (unpaired) electrons. The standard InChI is InChI=1S/C26H28N4O6/c1-36-26(35)20-17-30(15-16-31)25(34)22(20)27-21-10-6-5-9-19(21)24(33)29-13-11-28(12-14-29)23(32)18-7-3-2-4-8-18/h2-10,27,31H,11-17H2,1H3. The second-order valence-corrected chi connectivity index (χ2v) is 8.42. The van der Waals surface area contributed by atoms with Crippen molar-refractivity contribution in [1.29, 1.82) is 0 Å². The number of β-amino-alcohol motifs (C(OH)–C–C–N with tert-alkyl or cyclic N) is 1. The Bertz CT molecular complexity index is 1190. The predicted molar refractivity (Wildman–Crippen MR) is 131 cm³/mol. The number of nitrogens with one attached hydrogen (secondary N) is 1. The second kappa shape index (κ2) is 11.0. The Hall–Kier alpha value is -4.18. The van der Waals surface area contributed by atoms with Crippen LogP contribution in [-0.4, -0.2) is 96.5 Å². The second-order valence-electron chi connectivity index (χ2n) is 8.42. The fourth-order valence-electron chi connectivity index (χ4n) is 4.31. The molecule has 36 heavy (non-hydrogen) atoms. The predicted octanol–water partition coefficient (Wildman–Crippen LogP) is 0.958. The highest BCUT2D eigenvalue weighted by atomic mass is 16.5. The van der Waals surface area contributed by atoms with E-state index in [4.69, 9.17) is 4.74 Å². The number of carbonyl (C=O) groups excluding carboxylic acids is 4. The van der Waals surface area contributed by atoms with Gasteiger partial charge in [-0.25, -0.2) is 4.79 Å². The number of esters is 1. The Balaban J connectivity index is 1.49. The van der Waals surface area contributed by atoms with Gasteiger partial charge in [0.2, 0.25) is 0 Å². The average Bonchev–Trinajstić information content (AvgIpc) is 3.23. The summed E-state index contributed by atoms with van der Waals surface area (Å²) in [5.74, 6) is -1.43. The summed E-state index contributed by atoms with van der Waals surface area (Å²) in [4.78, 5) is 56.0. The Morgan fingerprint density at radius 3 is 2.17 bits per heavy atom. The van der Waals surface area contributed by atoms with Crippen LogP contribution in [0.1, 0.15) is 20.7 Å². The number of carbonyl (C=O) groups is 4. The van der Waals surface area contributed by atoms with E-state index in [2.05, 4.69) is 5.32 Å². The summed E-state index contributed by atoms with van der Waals surface area (Å²) in [6, 6.07) is 15.8. The highest BCUT2D eigenvalue weighted by Crippen LogP contribution is 2.26. The average molecular weight is 493 g/mol. The van der Waals surface area contributed by atoms with Crippen LogP contribution in [0.4, 0.5) is 5.69 Å². The number of aliphatic hydroxyl groups excluding tert-OH is 1. The van der Waals surface area contributed by atoms with Crippen molar-refractivity contribution in [2.45, 2.75) is 0 Å². The van der Waals surface area contributed by atoms with Crippen molar-refractivity contribution in [2.75, 3.05) is 58.3 Å². The van der Waals surface area contributed by atoms with Crippen LogP contribution in [0.3, 0.4) is 0 Å². The summed E-state index contributed by atoms with van der Waals surface area (Å²) in [5.41, 5.74) is 1.48. The summed E-state index contributed by atoms with van der Waals surface area (Å²) in [5, 5.41) is 12.2. The monoisotopic (exact) mass is 492 g/mol. The Morgan fingerprint density at radius 2 is 1.53 bits per heavy atom. The molecule has 10 nitrogen and oxygen atoms in total. The summed E-state index contributed by atoms with van der Waals surface area (Å²) in [6.07, 6.45) is 0. The summed E-state index contributed by atoms with van der Waals surface area (Å²) >= 11 is 0. The normalized spacial score (nSPS) is 15.8. The van der Waals surface area contributed by atoms with Crippen LogP contribution in [0.5, 0.6) is 0 Å². The molecule has 0 saturated carbocycles. The number of piperazine rings is 1. The molecule has 1 saturated heterocycles. The number of rotatable bonds is 7. The number of para-hydroxylation sites is 1. The molecular formula is C26H28N4O6. The zero-order valence-electron chi connectivity index (χ0n) is 20.0. The summed E-state index contributed by atoms with van der Waals surface area (Å²) in [6.45, 7) is 1.36. The number of methoxy groups -OCH3 is 1. The van der Waals surface area contributed by atoms with Crippen LogP contribution < -0.4 is 5.32 Å². The van der Waals surface area contributed by atoms with E-state index in [0.29, 0.717) is 43.0 Å². The lowest BCUT2D eigenvalue weighted by molar-refractivity contribution is -0.136. The van der Waals surface area contributed by atoms with E-state index >= 15 is 0 Å². The van der Waals surface area contributed by atoms with Gasteiger partial charge in [0.25, 0.3) is 17.7 Å². The number of benzene rings is 2. The number of nitrogens with zero attached hydrogens (tertiary/aromatic N) is 3. The smallest absolute Gasteiger partial charge is 0.337 e. The lowest BCUT2D eigenvalue weighted by Crippen LogP contribution is -2.50. The lowest BCUT2D eigenvalue weighted by atomic mass is 10.1. The van der Waals surface area contributed by atoms with Crippen LogP contribution in [0.15, 0.2) is 65.9 Å². The van der Waals surface area contributed by atoms with E-state index < -0.39 is 11.9 Å². The minimum atomic E-state index is -0.658. The molecule has 0 spiro atoms. The quantitative estimate of drug-likeness (QED) is 0.553. The zero-order valence-corrected chi connectivity index (χ0v) is 20.0. The minimum absolute atomic E-state index is 0.00190. The van der Waals surface area contributed by atoms with Gasteiger partial charge in [-0.1, -0.05) is 30.3 Å². The molecule has 4 rings (SSSR count). The van der Waals surface area contributed by atoms with Crippen molar-refractivity contribution >= 4 is 29.4 Å². The molecule has 0 aromatic heterocycles. The molecule has 2 aromatic carbocycles. The lowest BCUT2D eigenvalue weighted by Gasteiger charge is -2.35. The third kappa shape index (κ3) is 5.08. The highest BCUT2D eigenvalue weighted by molar-refractivity contribution is 6.10. The van der Waals surface area contributed by atoms with Gasteiger partial charge in [0.05, 0.1) is 37.1 Å². The number of anilines is 1. The summed E-state index contributed by atoms with van der Waals surface area (Å²) in [7, 11) is 1.23. The number of aliphatic hydroxyl groups is 1. The molecule has 0 aliphatic carbocycles. The van der Waals surface area contributed by atoms with E-state index in [1.165, 1.54) is 12.0 Å². The molecule has 3 amide bonds. The van der Waals surface area contributed by atoms with Gasteiger partial charge in [0.1, 0.15) is 5.70 Å². The Kier molecular flexibility index (Phi) is 7.65. The molecule has 0 atom stereocenters. The maximum atomic E-state index is 13.4. The molecule has 188 valence electrons. The van der Waals surface area contributed by atoms with Crippen LogP contribution >= 0.6 is 0 Å². The van der Waals surface area contributed by atoms with E-state index in [1.54, 1.807) is 46.2 Å². The first-order valence-corrected chi connectivity index (χ1v) is 11.7. The Labute approximate surface area is 208 Å². The highest BCUT2D eigenvalue weighted by Gasteiger charge is 2.35. The number of hydrogen-bond acceptors (Lipinski definition) is 7. The molecule has 2 aromatic rings. The fourth-order valence-corrected chi connectivity index (χ4v) is 4.31. The maximum absolute atomic E-state index is 13.4. The fraction of sp³-hybridized carbons (Fsp3) is 0.308. The molecule has 2 heterocycles. The van der Waals surface area contributed by atoms with E-state index in [9.17, 15) is 24.3 Å². The van der Waals surface area contributed by atoms with Gasteiger partial charge in [-0.15, -0.1) is 0 Å². The van der Waals surface area contributed by atoms with Crippen LogP contribution in [0, 0.1) is 0 Å². The van der Waals surface area contributed by atoms with Gasteiger partial charge in [-0.2, -0.15) is 0 Å². The van der Waals surface area contributed by atoms with Crippen molar-refractivity contribution in [3.05, 3.63) is 77.0 Å². The van der Waals surface area contributed by atoms with Crippen molar-refractivity contribution in [3.63, 3.8) is 0 Å². The van der Waals surface area contributed by atoms with E-state index in [1.807, 2.05) is 18.2 Å². The molecule has 0 bridgehead atoms. The summed E-state index contributed by atoms with van der Waals surface area (Å²) < 4.78 is 4.83. The van der Waals surface area contributed by atoms with Gasteiger partial charge in [0.15, 0.2) is 0 Å². The van der Waals surface area contributed by atoms with Crippen LogP contribution in [0.2, 0.25) is 0 Å². The molecular weight excluding hydrogens is 464 g/mol.